The summed E-state index contributed by atoms with van der Waals surface area (Å²) in [5.41, 5.74) is 9.16. The van der Waals surface area contributed by atoms with E-state index in [1.807, 2.05) is 27.7 Å². The first-order chi connectivity index (χ1) is 14.4. The highest BCUT2D eigenvalue weighted by Gasteiger charge is 2.33. The Kier molecular flexibility index (Phi) is 7.15. The molecule has 1 aliphatic carbocycles. The molecule has 1 saturated heterocycles. The van der Waals surface area contributed by atoms with Crippen LogP contribution in [0.15, 0.2) is 30.3 Å². The molecule has 1 aromatic heterocycles. The fourth-order valence-electron chi connectivity index (χ4n) is 4.60. The van der Waals surface area contributed by atoms with E-state index in [0.717, 1.165) is 31.4 Å². The standard InChI is InChI=1S/C25H31NO2.C2H6/c1-6-20-15-21(28-25(4,5)27-20)11-12-22-16(2)23-13-18-9-7-8-10-19(18)14-24(23)26-17(22)3;1-2/h7-12,20-21H,6,13-15H2,1-5H3;1-2H3/b12-11+;/t20-,21+;/m0./s1. The monoisotopic (exact) mass is 407 g/mol. The number of aromatic nitrogens is 1. The lowest BCUT2D eigenvalue weighted by molar-refractivity contribution is -0.290. The van der Waals surface area contributed by atoms with Crippen LogP contribution in [0.2, 0.25) is 0 Å². The first kappa shape index (κ1) is 22.7. The average Bonchev–Trinajstić information content (AvgIpc) is 2.73. The van der Waals surface area contributed by atoms with Crippen LogP contribution in [-0.4, -0.2) is 23.0 Å². The third-order valence-corrected chi connectivity index (χ3v) is 6.05. The lowest BCUT2D eigenvalue weighted by Gasteiger charge is -2.39. The van der Waals surface area contributed by atoms with Crippen molar-refractivity contribution in [1.82, 2.24) is 4.98 Å². The highest BCUT2D eigenvalue weighted by molar-refractivity contribution is 5.61. The SMILES string of the molecule is CC.CC[C@H]1C[C@@H](/C=C/c2c(C)nc3c(c2C)Cc2ccccc2C3)OC(C)(C)O1. The zero-order valence-electron chi connectivity index (χ0n) is 19.7. The second kappa shape index (κ2) is 9.45. The number of pyridine rings is 1. The predicted octanol–water partition coefficient (Wildman–Crippen LogP) is 6.55. The minimum atomic E-state index is -0.532. The van der Waals surface area contributed by atoms with Gasteiger partial charge in [0.15, 0.2) is 5.79 Å². The van der Waals surface area contributed by atoms with Crippen molar-refractivity contribution >= 4 is 6.08 Å². The third-order valence-electron chi connectivity index (χ3n) is 6.05. The summed E-state index contributed by atoms with van der Waals surface area (Å²) >= 11 is 0. The highest BCUT2D eigenvalue weighted by Crippen LogP contribution is 2.32. The van der Waals surface area contributed by atoms with Gasteiger partial charge in [-0.2, -0.15) is 0 Å². The van der Waals surface area contributed by atoms with E-state index in [1.54, 1.807) is 0 Å². The maximum atomic E-state index is 6.14. The van der Waals surface area contributed by atoms with Gasteiger partial charge >= 0.3 is 0 Å². The first-order valence-electron chi connectivity index (χ1n) is 11.5. The Bertz CT molecular complexity index is 913. The van der Waals surface area contributed by atoms with Crippen LogP contribution in [0, 0.1) is 13.8 Å². The largest absolute Gasteiger partial charge is 0.347 e. The van der Waals surface area contributed by atoms with Crippen molar-refractivity contribution in [2.24, 2.45) is 0 Å². The molecule has 0 amide bonds. The smallest absolute Gasteiger partial charge is 0.163 e. The van der Waals surface area contributed by atoms with Crippen molar-refractivity contribution in [3.05, 3.63) is 69.5 Å². The minimum Gasteiger partial charge on any atom is -0.347 e. The molecule has 30 heavy (non-hydrogen) atoms. The summed E-state index contributed by atoms with van der Waals surface area (Å²) in [5.74, 6) is -0.532. The molecule has 0 saturated carbocycles. The Labute approximate surface area is 182 Å². The van der Waals surface area contributed by atoms with Crippen molar-refractivity contribution in [2.75, 3.05) is 0 Å². The quantitative estimate of drug-likeness (QED) is 0.493. The number of fused-ring (bicyclic) bond motifs is 2. The number of rotatable bonds is 3. The zero-order valence-corrected chi connectivity index (χ0v) is 19.7. The molecule has 2 atom stereocenters. The Balaban J connectivity index is 0.00000124. The van der Waals surface area contributed by atoms with Crippen LogP contribution in [0.5, 0.6) is 0 Å². The van der Waals surface area contributed by atoms with Crippen LogP contribution in [0.1, 0.15) is 86.7 Å². The van der Waals surface area contributed by atoms with Crippen molar-refractivity contribution in [1.29, 1.82) is 0 Å². The number of ether oxygens (including phenoxy) is 2. The van der Waals surface area contributed by atoms with Crippen LogP contribution in [0.3, 0.4) is 0 Å². The van der Waals surface area contributed by atoms with Gasteiger partial charge in [-0.15, -0.1) is 0 Å². The Morgan fingerprint density at radius 2 is 1.73 bits per heavy atom. The molecule has 1 fully saturated rings. The van der Waals surface area contributed by atoms with Gasteiger partial charge in [0.25, 0.3) is 0 Å². The molecule has 0 unspecified atom stereocenters. The predicted molar refractivity (Wildman–Crippen MR) is 125 cm³/mol. The molecule has 0 N–H and O–H groups in total. The van der Waals surface area contributed by atoms with Gasteiger partial charge in [-0.3, -0.25) is 4.98 Å². The summed E-state index contributed by atoms with van der Waals surface area (Å²) < 4.78 is 12.1. The number of hydrogen-bond donors (Lipinski definition) is 0. The van der Waals surface area contributed by atoms with E-state index < -0.39 is 5.79 Å². The second-order valence-corrected chi connectivity index (χ2v) is 8.58. The summed E-state index contributed by atoms with van der Waals surface area (Å²) in [6.07, 6.45) is 8.57. The Morgan fingerprint density at radius 1 is 1.07 bits per heavy atom. The number of hydrogen-bond acceptors (Lipinski definition) is 3. The fourth-order valence-corrected chi connectivity index (χ4v) is 4.60. The van der Waals surface area contributed by atoms with E-state index in [2.05, 4.69) is 57.2 Å². The van der Waals surface area contributed by atoms with Crippen molar-refractivity contribution < 1.29 is 9.47 Å². The second-order valence-electron chi connectivity index (χ2n) is 8.58. The summed E-state index contributed by atoms with van der Waals surface area (Å²) in [5, 5.41) is 0. The lowest BCUT2D eigenvalue weighted by Crippen LogP contribution is -2.43. The van der Waals surface area contributed by atoms with E-state index in [0.29, 0.717) is 0 Å². The summed E-state index contributed by atoms with van der Waals surface area (Å²) in [7, 11) is 0. The fraction of sp³-hybridized carbons (Fsp3) is 0.519. The van der Waals surface area contributed by atoms with E-state index in [1.165, 1.54) is 33.5 Å². The third kappa shape index (κ3) is 4.84. The van der Waals surface area contributed by atoms with Gasteiger partial charge in [0.1, 0.15) is 0 Å². The number of aryl methyl sites for hydroxylation is 1. The van der Waals surface area contributed by atoms with Crippen LogP contribution in [-0.2, 0) is 22.3 Å². The van der Waals surface area contributed by atoms with Gasteiger partial charge in [0.05, 0.1) is 12.2 Å². The van der Waals surface area contributed by atoms with Crippen LogP contribution < -0.4 is 0 Å². The topological polar surface area (TPSA) is 31.4 Å². The molecular weight excluding hydrogens is 370 g/mol. The van der Waals surface area contributed by atoms with Crippen molar-refractivity contribution in [2.45, 2.75) is 92.1 Å². The molecule has 1 aromatic carbocycles. The van der Waals surface area contributed by atoms with E-state index in [9.17, 15) is 0 Å². The van der Waals surface area contributed by atoms with Gasteiger partial charge < -0.3 is 9.47 Å². The van der Waals surface area contributed by atoms with E-state index in [-0.39, 0.29) is 12.2 Å². The number of nitrogens with zero attached hydrogens (tertiary/aromatic N) is 1. The molecule has 162 valence electrons. The lowest BCUT2D eigenvalue weighted by atomic mass is 9.85. The molecule has 2 heterocycles. The van der Waals surface area contributed by atoms with Gasteiger partial charge in [0, 0.05) is 24.2 Å². The van der Waals surface area contributed by atoms with Crippen LogP contribution in [0.4, 0.5) is 0 Å². The van der Waals surface area contributed by atoms with E-state index >= 15 is 0 Å². The molecule has 0 spiro atoms. The minimum absolute atomic E-state index is 0.0734. The summed E-state index contributed by atoms with van der Waals surface area (Å²) in [6, 6.07) is 8.73. The van der Waals surface area contributed by atoms with Gasteiger partial charge in [-0.05, 0) is 68.4 Å². The molecule has 3 heteroatoms. The molecule has 0 bridgehead atoms. The Morgan fingerprint density at radius 3 is 2.40 bits per heavy atom. The normalized spacial score (nSPS) is 22.1. The number of benzene rings is 1. The molecule has 4 rings (SSSR count). The summed E-state index contributed by atoms with van der Waals surface area (Å²) in [4.78, 5) is 4.98. The van der Waals surface area contributed by atoms with Gasteiger partial charge in [0.2, 0.25) is 0 Å². The molecule has 2 aliphatic rings. The van der Waals surface area contributed by atoms with E-state index in [4.69, 9.17) is 14.5 Å². The van der Waals surface area contributed by atoms with Crippen molar-refractivity contribution in [3.63, 3.8) is 0 Å². The maximum Gasteiger partial charge on any atom is 0.163 e. The van der Waals surface area contributed by atoms with Crippen LogP contribution >= 0.6 is 0 Å². The molecule has 3 nitrogen and oxygen atoms in total. The van der Waals surface area contributed by atoms with Gasteiger partial charge in [-0.25, -0.2) is 0 Å². The maximum absolute atomic E-state index is 6.14. The molecule has 1 aliphatic heterocycles. The molecular formula is C27H37NO2. The molecule has 2 aromatic rings. The Hall–Kier alpha value is -1.97. The highest BCUT2D eigenvalue weighted by atomic mass is 16.7. The average molecular weight is 408 g/mol. The molecule has 0 radical (unpaired) electrons. The zero-order chi connectivity index (χ0) is 21.9. The summed E-state index contributed by atoms with van der Waals surface area (Å²) in [6.45, 7) is 14.5. The first-order valence-corrected chi connectivity index (χ1v) is 11.5. The van der Waals surface area contributed by atoms with Gasteiger partial charge in [-0.1, -0.05) is 57.2 Å². The van der Waals surface area contributed by atoms with Crippen LogP contribution in [0.25, 0.3) is 6.08 Å². The van der Waals surface area contributed by atoms with Crippen molar-refractivity contribution in [3.8, 4) is 0 Å².